The molecule has 1 heterocycles. The van der Waals surface area contributed by atoms with Crippen molar-refractivity contribution >= 4 is 23.0 Å². The van der Waals surface area contributed by atoms with Gasteiger partial charge in [0.15, 0.2) is 0 Å². The van der Waals surface area contributed by atoms with Gasteiger partial charge >= 0.3 is 0 Å². The first-order valence-electron chi connectivity index (χ1n) is 7.09. The third-order valence-electron chi connectivity index (χ3n) is 3.60. The third kappa shape index (κ3) is 2.76. The van der Waals surface area contributed by atoms with Crippen molar-refractivity contribution in [1.82, 2.24) is 9.99 Å². The molecule has 0 saturated heterocycles. The van der Waals surface area contributed by atoms with Crippen molar-refractivity contribution in [2.45, 2.75) is 6.92 Å². The fourth-order valence-corrected chi connectivity index (χ4v) is 2.40. The number of rotatable bonds is 3. The van der Waals surface area contributed by atoms with Gasteiger partial charge < -0.3 is 4.57 Å². The Bertz CT molecular complexity index is 844. The Morgan fingerprint density at radius 1 is 1.14 bits per heavy atom. The molecule has 4 nitrogen and oxygen atoms in total. The Morgan fingerprint density at radius 2 is 1.86 bits per heavy atom. The predicted molar refractivity (Wildman–Crippen MR) is 89.2 cm³/mol. The second kappa shape index (κ2) is 5.85. The van der Waals surface area contributed by atoms with Crippen LogP contribution in [0.2, 0.25) is 0 Å². The van der Waals surface area contributed by atoms with Crippen LogP contribution in [0.3, 0.4) is 0 Å². The van der Waals surface area contributed by atoms with Crippen LogP contribution in [0.15, 0.2) is 59.8 Å². The van der Waals surface area contributed by atoms with Crippen molar-refractivity contribution < 1.29 is 4.79 Å². The van der Waals surface area contributed by atoms with Crippen LogP contribution < -0.4 is 5.43 Å². The zero-order valence-corrected chi connectivity index (χ0v) is 12.6. The van der Waals surface area contributed by atoms with E-state index in [0.29, 0.717) is 5.56 Å². The van der Waals surface area contributed by atoms with E-state index in [9.17, 15) is 4.79 Å². The second-order valence-electron chi connectivity index (χ2n) is 5.28. The summed E-state index contributed by atoms with van der Waals surface area (Å²) in [7, 11) is 1.93. The van der Waals surface area contributed by atoms with Crippen molar-refractivity contribution in [2.75, 3.05) is 0 Å². The Labute approximate surface area is 129 Å². The number of nitrogens with one attached hydrogen (secondary N) is 1. The van der Waals surface area contributed by atoms with E-state index in [1.807, 2.05) is 73.3 Å². The van der Waals surface area contributed by atoms with Gasteiger partial charge in [0.25, 0.3) is 5.91 Å². The Balaban J connectivity index is 1.78. The molecule has 22 heavy (non-hydrogen) atoms. The Kier molecular flexibility index (Phi) is 3.74. The van der Waals surface area contributed by atoms with Crippen LogP contribution >= 0.6 is 0 Å². The number of carbonyl (C=O) groups is 1. The van der Waals surface area contributed by atoms with Gasteiger partial charge in [-0.15, -0.1) is 0 Å². The van der Waals surface area contributed by atoms with Gasteiger partial charge in [-0.05, 0) is 18.6 Å². The van der Waals surface area contributed by atoms with Gasteiger partial charge in [0.1, 0.15) is 0 Å². The monoisotopic (exact) mass is 291 g/mol. The third-order valence-corrected chi connectivity index (χ3v) is 3.60. The highest BCUT2D eigenvalue weighted by Gasteiger charge is 2.12. The Hall–Kier alpha value is -2.88. The van der Waals surface area contributed by atoms with Crippen LogP contribution in [0.25, 0.3) is 10.9 Å². The lowest BCUT2D eigenvalue weighted by Crippen LogP contribution is -2.17. The van der Waals surface area contributed by atoms with E-state index in [1.54, 1.807) is 6.21 Å². The van der Waals surface area contributed by atoms with Crippen LogP contribution in [-0.4, -0.2) is 16.7 Å². The quantitative estimate of drug-likeness (QED) is 0.584. The maximum atomic E-state index is 12.3. The summed E-state index contributed by atoms with van der Waals surface area (Å²) in [6, 6.07) is 15.7. The number of para-hydroxylation sites is 1. The smallest absolute Gasteiger partial charge is 0.273 e. The molecule has 0 atom stereocenters. The number of carbonyl (C=O) groups excluding carboxylic acids is 1. The van der Waals surface area contributed by atoms with Crippen LogP contribution in [-0.2, 0) is 7.05 Å². The molecule has 0 spiro atoms. The minimum Gasteiger partial charge on any atom is -0.350 e. The molecule has 0 aliphatic rings. The van der Waals surface area contributed by atoms with Crippen LogP contribution in [0.5, 0.6) is 0 Å². The molecule has 0 aliphatic carbocycles. The summed E-state index contributed by atoms with van der Waals surface area (Å²) < 4.78 is 1.94. The molecule has 2 aromatic carbocycles. The van der Waals surface area contributed by atoms with Gasteiger partial charge in [0.05, 0.1) is 11.8 Å². The number of amides is 1. The van der Waals surface area contributed by atoms with Gasteiger partial charge in [0, 0.05) is 24.1 Å². The summed E-state index contributed by atoms with van der Waals surface area (Å²) in [6.07, 6.45) is 3.46. The van der Waals surface area contributed by atoms with Crippen molar-refractivity contribution in [3.8, 4) is 0 Å². The zero-order valence-electron chi connectivity index (χ0n) is 12.6. The lowest BCUT2D eigenvalue weighted by atomic mass is 10.2. The minimum absolute atomic E-state index is 0.208. The second-order valence-corrected chi connectivity index (χ2v) is 5.28. The van der Waals surface area contributed by atoms with E-state index in [-0.39, 0.29) is 5.91 Å². The van der Waals surface area contributed by atoms with E-state index >= 15 is 0 Å². The van der Waals surface area contributed by atoms with Crippen LogP contribution in [0, 0.1) is 6.92 Å². The number of hydrazone groups is 1. The molecule has 3 rings (SSSR count). The average molecular weight is 291 g/mol. The van der Waals surface area contributed by atoms with Gasteiger partial charge in [-0.1, -0.05) is 48.0 Å². The number of aryl methyl sites for hydroxylation is 2. The van der Waals surface area contributed by atoms with E-state index in [2.05, 4.69) is 10.5 Å². The largest absolute Gasteiger partial charge is 0.350 e. The van der Waals surface area contributed by atoms with Crippen molar-refractivity contribution in [2.24, 2.45) is 12.1 Å². The predicted octanol–water partition coefficient (Wildman–Crippen LogP) is 3.25. The maximum absolute atomic E-state index is 12.3. The molecule has 0 saturated carbocycles. The summed E-state index contributed by atoms with van der Waals surface area (Å²) in [5.74, 6) is -0.208. The van der Waals surface area contributed by atoms with Crippen LogP contribution in [0.4, 0.5) is 0 Å². The molecule has 0 radical (unpaired) electrons. The topological polar surface area (TPSA) is 46.4 Å². The molecule has 0 aliphatic heterocycles. The summed E-state index contributed by atoms with van der Waals surface area (Å²) in [6.45, 7) is 2.03. The SMILES string of the molecule is Cc1ccc(C=NNC(=O)c2cn(C)c3ccccc23)cc1. The molecule has 110 valence electrons. The summed E-state index contributed by atoms with van der Waals surface area (Å²) >= 11 is 0. The number of nitrogens with zero attached hydrogens (tertiary/aromatic N) is 2. The zero-order chi connectivity index (χ0) is 15.5. The highest BCUT2D eigenvalue weighted by atomic mass is 16.2. The van der Waals surface area contributed by atoms with E-state index in [0.717, 1.165) is 16.5 Å². The average Bonchev–Trinajstić information content (AvgIpc) is 2.87. The number of hydrogen-bond donors (Lipinski definition) is 1. The molecular weight excluding hydrogens is 274 g/mol. The summed E-state index contributed by atoms with van der Waals surface area (Å²) in [5.41, 5.74) is 6.37. The fourth-order valence-electron chi connectivity index (χ4n) is 2.40. The summed E-state index contributed by atoms with van der Waals surface area (Å²) in [5, 5.41) is 4.95. The van der Waals surface area contributed by atoms with E-state index in [1.165, 1.54) is 5.56 Å². The number of benzene rings is 2. The van der Waals surface area contributed by atoms with Gasteiger partial charge in [-0.3, -0.25) is 4.79 Å². The number of aromatic nitrogens is 1. The standard InChI is InChI=1S/C18H17N3O/c1-13-7-9-14(10-8-13)11-19-20-18(22)16-12-21(2)17-6-4-3-5-15(16)17/h3-12H,1-2H3,(H,20,22). The molecule has 0 bridgehead atoms. The molecular formula is C18H17N3O. The number of hydrogen-bond acceptors (Lipinski definition) is 2. The lowest BCUT2D eigenvalue weighted by molar-refractivity contribution is 0.0956. The van der Waals surface area contributed by atoms with E-state index in [4.69, 9.17) is 0 Å². The van der Waals surface area contributed by atoms with E-state index < -0.39 is 0 Å². The lowest BCUT2D eigenvalue weighted by Gasteiger charge is -1.98. The van der Waals surface area contributed by atoms with Crippen molar-refractivity contribution in [3.05, 3.63) is 71.4 Å². The van der Waals surface area contributed by atoms with Crippen molar-refractivity contribution in [3.63, 3.8) is 0 Å². The molecule has 0 unspecified atom stereocenters. The minimum atomic E-state index is -0.208. The normalized spacial score (nSPS) is 11.2. The molecule has 1 N–H and O–H groups in total. The molecule has 1 aromatic heterocycles. The maximum Gasteiger partial charge on any atom is 0.273 e. The van der Waals surface area contributed by atoms with Gasteiger partial charge in [-0.25, -0.2) is 5.43 Å². The first-order chi connectivity index (χ1) is 10.6. The Morgan fingerprint density at radius 3 is 2.64 bits per heavy atom. The molecule has 3 aromatic rings. The molecule has 1 amide bonds. The summed E-state index contributed by atoms with van der Waals surface area (Å²) in [4.78, 5) is 12.3. The highest BCUT2D eigenvalue weighted by Crippen LogP contribution is 2.19. The highest BCUT2D eigenvalue weighted by molar-refractivity contribution is 6.07. The fraction of sp³-hybridized carbons (Fsp3) is 0.111. The first kappa shape index (κ1) is 14.1. The van der Waals surface area contributed by atoms with Gasteiger partial charge in [0.2, 0.25) is 0 Å². The van der Waals surface area contributed by atoms with Crippen molar-refractivity contribution in [1.29, 1.82) is 0 Å². The van der Waals surface area contributed by atoms with Crippen LogP contribution in [0.1, 0.15) is 21.5 Å². The molecule has 4 heteroatoms. The van der Waals surface area contributed by atoms with Gasteiger partial charge in [-0.2, -0.15) is 5.10 Å². The number of fused-ring (bicyclic) bond motifs is 1. The first-order valence-corrected chi connectivity index (χ1v) is 7.09. The molecule has 0 fully saturated rings.